The van der Waals surface area contributed by atoms with Gasteiger partial charge in [-0.2, -0.15) is 17.5 Å². The van der Waals surface area contributed by atoms with E-state index in [1.807, 2.05) is 45.9 Å². The van der Waals surface area contributed by atoms with Crippen molar-refractivity contribution >= 4 is 5.97 Å². The zero-order valence-corrected chi connectivity index (χ0v) is 18.7. The molecule has 0 saturated heterocycles. The molecule has 0 heterocycles. The van der Waals surface area contributed by atoms with Crippen molar-refractivity contribution < 1.29 is 46.1 Å². The number of rotatable bonds is 5. The predicted molar refractivity (Wildman–Crippen MR) is 91.8 cm³/mol. The van der Waals surface area contributed by atoms with Crippen molar-refractivity contribution in [2.45, 2.75) is 40.5 Å². The van der Waals surface area contributed by atoms with Crippen LogP contribution < -0.4 is 0 Å². The normalized spacial score (nSPS) is 10.2. The van der Waals surface area contributed by atoms with Crippen molar-refractivity contribution in [2.24, 2.45) is 0 Å². The van der Waals surface area contributed by atoms with Gasteiger partial charge in [0, 0.05) is 11.3 Å². The summed E-state index contributed by atoms with van der Waals surface area (Å²) in [7, 11) is 0. The van der Waals surface area contributed by atoms with Crippen LogP contribution >= 0.6 is 0 Å². The quantitative estimate of drug-likeness (QED) is 0.529. The minimum atomic E-state index is -1.10. The third-order valence-corrected chi connectivity index (χ3v) is 3.90. The largest absolute Gasteiger partial charge is 2.00 e. The van der Waals surface area contributed by atoms with Gasteiger partial charge in [0.05, 0.1) is 0 Å². The minimum Gasteiger partial charge on any atom is -0.551 e. The number of phenols is 1. The number of hydrogen-bond donors (Lipinski definition) is 2. The van der Waals surface area contributed by atoms with Crippen LogP contribution in [-0.2, 0) is 6.42 Å². The first-order valence-corrected chi connectivity index (χ1v) is 7.78. The van der Waals surface area contributed by atoms with Gasteiger partial charge >= 0.3 is 37.1 Å². The van der Waals surface area contributed by atoms with E-state index in [-0.39, 0.29) is 42.4 Å². The van der Waals surface area contributed by atoms with Crippen LogP contribution in [0.5, 0.6) is 5.75 Å². The maximum Gasteiger partial charge on any atom is 2.00 e. The summed E-state index contributed by atoms with van der Waals surface area (Å²) in [4.78, 5) is 11.6. The Morgan fingerprint density at radius 1 is 1.29 bits per heavy atom. The molecule has 3 nitrogen and oxygen atoms in total. The summed E-state index contributed by atoms with van der Waals surface area (Å²) in [6.45, 7) is 7.94. The van der Waals surface area contributed by atoms with Crippen molar-refractivity contribution in [2.75, 3.05) is 0 Å². The number of carbonyl (C=O) groups is 1. The van der Waals surface area contributed by atoms with Gasteiger partial charge in [-0.05, 0) is 6.92 Å². The number of aromatic hydroxyl groups is 1. The van der Waals surface area contributed by atoms with E-state index in [0.717, 1.165) is 29.0 Å². The van der Waals surface area contributed by atoms with Crippen molar-refractivity contribution in [1.82, 2.24) is 0 Å². The van der Waals surface area contributed by atoms with Gasteiger partial charge in [-0.15, -0.1) is 41.0 Å². The second-order valence-electron chi connectivity index (χ2n) is 6.02. The van der Waals surface area contributed by atoms with Gasteiger partial charge < -0.3 is 10.2 Å². The van der Waals surface area contributed by atoms with E-state index >= 15 is 0 Å². The molecule has 0 bridgehead atoms. The zero-order valence-electron chi connectivity index (χ0n) is 14.5. The van der Waals surface area contributed by atoms with Gasteiger partial charge in [0.15, 0.2) is 0 Å². The van der Waals surface area contributed by atoms with Gasteiger partial charge in [0.25, 0.3) is 0 Å². The fraction of sp³-hybridized carbons (Fsp3) is 0.300. The molecular formula is C20H22O3U. The Kier molecular flexibility index (Phi) is 7.45. The first-order valence-electron chi connectivity index (χ1n) is 7.78. The molecule has 0 amide bonds. The average Bonchev–Trinajstić information content (AvgIpc) is 2.47. The Balaban J connectivity index is 0.00000288. The van der Waals surface area contributed by atoms with Gasteiger partial charge in [-0.3, -0.25) is 0 Å². The summed E-state index contributed by atoms with van der Waals surface area (Å²) < 4.78 is 0. The summed E-state index contributed by atoms with van der Waals surface area (Å²) in [5.41, 5.74) is 3.90. The molecule has 4 heteroatoms. The molecule has 0 aromatic heterocycles. The summed E-state index contributed by atoms with van der Waals surface area (Å²) in [5, 5.41) is 20.1. The Hall–Kier alpha value is -1.37. The van der Waals surface area contributed by atoms with Crippen molar-refractivity contribution in [3.63, 3.8) is 0 Å². The zero-order chi connectivity index (χ0) is 17.1. The third-order valence-electron chi connectivity index (χ3n) is 3.90. The second-order valence-corrected chi connectivity index (χ2v) is 6.02. The van der Waals surface area contributed by atoms with E-state index in [0.29, 0.717) is 17.5 Å². The molecule has 0 unspecified atom stereocenters. The average molecular weight is 548 g/mol. The number of hydrogen-bond acceptors (Lipinski definition) is 2. The second kappa shape index (κ2) is 8.65. The SMILES string of the molecule is CCCc1c[c-]c(-c2cc(C)ccc2[C-](C)C)c(O)c1C(=O)O.[U+2]. The maximum atomic E-state index is 11.6. The first kappa shape index (κ1) is 20.7. The molecule has 2 rings (SSSR count). The topological polar surface area (TPSA) is 57.5 Å². The monoisotopic (exact) mass is 548 g/mol. The molecule has 0 radical (unpaired) electrons. The number of aryl methyl sites for hydroxylation is 2. The van der Waals surface area contributed by atoms with Crippen LogP contribution in [0.25, 0.3) is 11.1 Å². The van der Waals surface area contributed by atoms with Gasteiger partial charge in [0.2, 0.25) is 0 Å². The van der Waals surface area contributed by atoms with Gasteiger partial charge in [-0.25, -0.2) is 4.79 Å². The van der Waals surface area contributed by atoms with Crippen molar-refractivity contribution in [3.05, 3.63) is 58.5 Å². The smallest absolute Gasteiger partial charge is 0.551 e. The van der Waals surface area contributed by atoms with Gasteiger partial charge in [0.1, 0.15) is 0 Å². The van der Waals surface area contributed by atoms with Crippen LogP contribution in [0, 0.1) is 50.0 Å². The molecule has 0 aliphatic heterocycles. The van der Waals surface area contributed by atoms with E-state index in [1.165, 1.54) is 0 Å². The third kappa shape index (κ3) is 4.18. The van der Waals surface area contributed by atoms with E-state index < -0.39 is 5.97 Å². The molecule has 2 aromatic rings. The molecule has 0 spiro atoms. The molecule has 2 aromatic carbocycles. The molecule has 0 atom stereocenters. The fourth-order valence-electron chi connectivity index (χ4n) is 2.79. The first-order chi connectivity index (χ1) is 10.9. The van der Waals surface area contributed by atoms with Crippen LogP contribution in [0.4, 0.5) is 0 Å². The van der Waals surface area contributed by atoms with E-state index in [2.05, 4.69) is 6.07 Å². The van der Waals surface area contributed by atoms with Crippen LogP contribution in [-0.4, -0.2) is 16.2 Å². The van der Waals surface area contributed by atoms with Crippen LogP contribution in [0.2, 0.25) is 0 Å². The Labute approximate surface area is 167 Å². The Morgan fingerprint density at radius 2 is 1.96 bits per heavy atom. The summed E-state index contributed by atoms with van der Waals surface area (Å²) >= 11 is 0. The van der Waals surface area contributed by atoms with Crippen LogP contribution in [0.15, 0.2) is 24.3 Å². The van der Waals surface area contributed by atoms with Crippen molar-refractivity contribution in [1.29, 1.82) is 0 Å². The molecule has 2 N–H and O–H groups in total. The van der Waals surface area contributed by atoms with Crippen molar-refractivity contribution in [3.8, 4) is 16.9 Å². The number of benzene rings is 2. The molecule has 124 valence electrons. The Bertz CT molecular complexity index is 736. The van der Waals surface area contributed by atoms with E-state index in [4.69, 9.17) is 0 Å². The standard InChI is InChI=1S/C20H22O3.U/c1-5-6-14-8-10-16(19(21)18(14)20(22)23)17-11-13(4)7-9-15(17)12(2)3;/h7-9,11,21H,5-6H2,1-4H3,(H,22,23);/q-2;+2. The fourth-order valence-corrected chi connectivity index (χ4v) is 2.79. The minimum absolute atomic E-state index is 0. The molecule has 0 fully saturated rings. The summed E-state index contributed by atoms with van der Waals surface area (Å²) in [6, 6.07) is 10.7. The number of aromatic carboxylic acids is 1. The molecule has 0 saturated carbocycles. The van der Waals surface area contributed by atoms with Gasteiger partial charge in [-0.1, -0.05) is 39.2 Å². The van der Waals surface area contributed by atoms with Crippen LogP contribution in [0.3, 0.4) is 0 Å². The van der Waals surface area contributed by atoms with E-state index in [1.54, 1.807) is 6.07 Å². The number of carboxylic acid groups (broad SMARTS) is 1. The predicted octanol–water partition coefficient (Wildman–Crippen LogP) is 4.78. The van der Waals surface area contributed by atoms with E-state index in [9.17, 15) is 15.0 Å². The summed E-state index contributed by atoms with van der Waals surface area (Å²) in [6.07, 6.45) is 1.41. The maximum absolute atomic E-state index is 11.6. The number of carboxylic acids is 1. The molecule has 24 heavy (non-hydrogen) atoms. The summed E-state index contributed by atoms with van der Waals surface area (Å²) in [5.74, 6) is -0.202. The van der Waals surface area contributed by atoms with Crippen LogP contribution in [0.1, 0.15) is 54.2 Å². The Morgan fingerprint density at radius 3 is 2.50 bits per heavy atom. The molecular weight excluding hydrogens is 526 g/mol. The molecule has 0 aliphatic carbocycles. The molecule has 0 aliphatic rings.